The van der Waals surface area contributed by atoms with Crippen LogP contribution in [0.25, 0.3) is 49.5 Å². The molecule has 0 N–H and O–H groups in total. The average Bonchev–Trinajstić information content (AvgIpc) is 3.18. The number of para-hydroxylation sites is 1. The minimum absolute atomic E-state index is 0.539. The van der Waals surface area contributed by atoms with Gasteiger partial charge >= 0.3 is 0 Å². The van der Waals surface area contributed by atoms with Crippen molar-refractivity contribution >= 4 is 67.2 Å². The Bertz CT molecular complexity index is 2230. The summed E-state index contributed by atoms with van der Waals surface area (Å²) >= 11 is 1.95. The molecule has 0 bridgehead atoms. The van der Waals surface area contributed by atoms with Gasteiger partial charge in [-0.2, -0.15) is 0 Å². The van der Waals surface area contributed by atoms with E-state index in [9.17, 15) is 0 Å². The monoisotopic (exact) mass is 595 g/mol. The van der Waals surface area contributed by atoms with E-state index in [1.807, 2.05) is 11.8 Å². The molecule has 0 saturated carbocycles. The van der Waals surface area contributed by atoms with Gasteiger partial charge in [-0.1, -0.05) is 122 Å². The molecular weight excluding hydrogens is 563 g/mol. The maximum Gasteiger partial charge on any atom is 0.0468 e. The highest BCUT2D eigenvalue weighted by atomic mass is 32.2. The maximum absolute atomic E-state index is 2.35. The Kier molecular flexibility index (Phi) is 7.21. The molecule has 7 aromatic carbocycles. The summed E-state index contributed by atoms with van der Waals surface area (Å²) in [5, 5.41) is 8.29. The molecule has 0 spiro atoms. The highest BCUT2D eigenvalue weighted by molar-refractivity contribution is 8.00. The van der Waals surface area contributed by atoms with Crippen LogP contribution in [-0.4, -0.2) is 5.25 Å². The smallest absolute Gasteiger partial charge is 0.0468 e. The van der Waals surface area contributed by atoms with Crippen LogP contribution in [0, 0.1) is 0 Å². The van der Waals surface area contributed by atoms with Gasteiger partial charge in [-0.3, -0.25) is 0 Å². The first-order valence-electron chi connectivity index (χ1n) is 15.7. The molecule has 0 amide bonds. The van der Waals surface area contributed by atoms with Crippen molar-refractivity contribution in [2.24, 2.45) is 0 Å². The molecule has 45 heavy (non-hydrogen) atoms. The quantitative estimate of drug-likeness (QED) is 0.186. The normalized spacial score (nSPS) is 16.1. The fourth-order valence-corrected chi connectivity index (χ4v) is 7.57. The molecule has 0 saturated heterocycles. The van der Waals surface area contributed by atoms with E-state index in [0.29, 0.717) is 5.25 Å². The molecule has 0 fully saturated rings. The topological polar surface area (TPSA) is 3.24 Å². The Hall–Kier alpha value is -5.05. The SMILES string of the molecule is CC1C/C=C\C=C\c2cc(N(c3ccccc3)c3ccc(-c4ccc5c(ccc6c7ccccc7ccc56)c4)cc3)ccc2S1. The van der Waals surface area contributed by atoms with Gasteiger partial charge in [-0.25, -0.2) is 0 Å². The summed E-state index contributed by atoms with van der Waals surface area (Å²) in [7, 11) is 0. The number of hydrogen-bond donors (Lipinski definition) is 0. The predicted molar refractivity (Wildman–Crippen MR) is 197 cm³/mol. The molecule has 8 rings (SSSR count). The zero-order chi connectivity index (χ0) is 30.2. The Morgan fingerprint density at radius 1 is 0.533 bits per heavy atom. The second-order valence-corrected chi connectivity index (χ2v) is 13.3. The van der Waals surface area contributed by atoms with Crippen LogP contribution in [0.3, 0.4) is 0 Å². The number of fused-ring (bicyclic) bond motifs is 6. The lowest BCUT2D eigenvalue weighted by Gasteiger charge is -2.26. The Labute approximate surface area is 269 Å². The van der Waals surface area contributed by atoms with E-state index in [1.54, 1.807) is 0 Å². The molecular formula is C43H33NS. The molecule has 2 heteroatoms. The van der Waals surface area contributed by atoms with Gasteiger partial charge in [0.15, 0.2) is 0 Å². The summed E-state index contributed by atoms with van der Waals surface area (Å²) in [4.78, 5) is 3.68. The molecule has 7 aromatic rings. The standard InChI is InChI=1S/C43H33NS/c1-30-10-4-2-5-12-35-29-38(23-27-43(35)45-30)44(36-13-6-3-7-14-36)37-21-16-31(17-22-37)33-19-24-40-34(28-33)20-26-41-39-15-9-8-11-32(39)18-25-42(40)41/h2-9,11-30H,10H2,1H3/b4-2-,12-5+. The highest BCUT2D eigenvalue weighted by Crippen LogP contribution is 2.40. The van der Waals surface area contributed by atoms with E-state index in [4.69, 9.17) is 0 Å². The molecule has 1 aliphatic rings. The summed E-state index contributed by atoms with van der Waals surface area (Å²) in [5.74, 6) is 0. The summed E-state index contributed by atoms with van der Waals surface area (Å²) in [6.45, 7) is 2.30. The lowest BCUT2D eigenvalue weighted by atomic mass is 9.95. The first kappa shape index (κ1) is 27.5. The first-order chi connectivity index (χ1) is 22.2. The number of thioether (sulfide) groups is 1. The molecule has 0 aliphatic carbocycles. The molecule has 1 nitrogen and oxygen atoms in total. The molecule has 1 atom stereocenters. The number of benzene rings is 7. The number of anilines is 3. The minimum atomic E-state index is 0.539. The highest BCUT2D eigenvalue weighted by Gasteiger charge is 2.16. The number of rotatable bonds is 4. The first-order valence-corrected chi connectivity index (χ1v) is 16.5. The second kappa shape index (κ2) is 11.8. The lowest BCUT2D eigenvalue weighted by Crippen LogP contribution is -2.10. The molecule has 0 radical (unpaired) electrons. The minimum Gasteiger partial charge on any atom is -0.310 e. The van der Waals surface area contributed by atoms with Crippen LogP contribution in [0.4, 0.5) is 17.1 Å². The van der Waals surface area contributed by atoms with Gasteiger partial charge in [0.25, 0.3) is 0 Å². The third-order valence-corrected chi connectivity index (χ3v) is 10.0. The van der Waals surface area contributed by atoms with Crippen LogP contribution < -0.4 is 4.90 Å². The molecule has 1 unspecified atom stereocenters. The van der Waals surface area contributed by atoms with E-state index in [-0.39, 0.29) is 0 Å². The van der Waals surface area contributed by atoms with Gasteiger partial charge < -0.3 is 4.90 Å². The van der Waals surface area contributed by atoms with Crippen LogP contribution in [0.15, 0.2) is 163 Å². The third-order valence-electron chi connectivity index (χ3n) is 8.79. The fourth-order valence-electron chi connectivity index (χ4n) is 6.52. The Morgan fingerprint density at radius 2 is 1.20 bits per heavy atom. The number of hydrogen-bond acceptors (Lipinski definition) is 2. The predicted octanol–water partition coefficient (Wildman–Crippen LogP) is 12.7. The van der Waals surface area contributed by atoms with Crippen molar-refractivity contribution in [3.05, 3.63) is 163 Å². The average molecular weight is 596 g/mol. The molecule has 1 heterocycles. The van der Waals surface area contributed by atoms with Crippen LogP contribution in [-0.2, 0) is 0 Å². The van der Waals surface area contributed by atoms with Crippen molar-refractivity contribution in [2.45, 2.75) is 23.5 Å². The van der Waals surface area contributed by atoms with Gasteiger partial charge in [-0.15, -0.1) is 11.8 Å². The van der Waals surface area contributed by atoms with E-state index < -0.39 is 0 Å². The zero-order valence-electron chi connectivity index (χ0n) is 25.2. The molecule has 1 aliphatic heterocycles. The van der Waals surface area contributed by atoms with Gasteiger partial charge in [0, 0.05) is 27.2 Å². The van der Waals surface area contributed by atoms with Crippen molar-refractivity contribution in [3.8, 4) is 11.1 Å². The van der Waals surface area contributed by atoms with Crippen molar-refractivity contribution in [1.82, 2.24) is 0 Å². The lowest BCUT2D eigenvalue weighted by molar-refractivity contribution is 0.980. The fraction of sp³-hybridized carbons (Fsp3) is 0.0698. The van der Waals surface area contributed by atoms with Crippen LogP contribution in [0.2, 0.25) is 0 Å². The van der Waals surface area contributed by atoms with E-state index in [0.717, 1.165) is 23.5 Å². The van der Waals surface area contributed by atoms with Crippen molar-refractivity contribution < 1.29 is 0 Å². The number of allylic oxidation sites excluding steroid dienone is 3. The van der Waals surface area contributed by atoms with Crippen molar-refractivity contribution in [2.75, 3.05) is 4.90 Å². The van der Waals surface area contributed by atoms with E-state index in [2.05, 4.69) is 176 Å². The third kappa shape index (κ3) is 5.32. The van der Waals surface area contributed by atoms with Crippen LogP contribution >= 0.6 is 11.8 Å². The van der Waals surface area contributed by atoms with Gasteiger partial charge in [0.2, 0.25) is 0 Å². The summed E-state index contributed by atoms with van der Waals surface area (Å²) < 4.78 is 0. The largest absolute Gasteiger partial charge is 0.310 e. The number of nitrogens with zero attached hydrogens (tertiary/aromatic N) is 1. The summed E-state index contributed by atoms with van der Waals surface area (Å²) in [6.07, 6.45) is 9.90. The van der Waals surface area contributed by atoms with Gasteiger partial charge in [-0.05, 0) is 104 Å². The second-order valence-electron chi connectivity index (χ2n) is 11.8. The van der Waals surface area contributed by atoms with E-state index in [1.165, 1.54) is 53.9 Å². The van der Waals surface area contributed by atoms with Gasteiger partial charge in [0.1, 0.15) is 0 Å². The van der Waals surface area contributed by atoms with E-state index >= 15 is 0 Å². The zero-order valence-corrected chi connectivity index (χ0v) is 26.0. The molecule has 0 aromatic heterocycles. The van der Waals surface area contributed by atoms with Gasteiger partial charge in [0.05, 0.1) is 0 Å². The van der Waals surface area contributed by atoms with Crippen LogP contribution in [0.5, 0.6) is 0 Å². The summed E-state index contributed by atoms with van der Waals surface area (Å²) in [6, 6.07) is 51.1. The van der Waals surface area contributed by atoms with Crippen molar-refractivity contribution in [1.29, 1.82) is 0 Å². The van der Waals surface area contributed by atoms with Crippen LogP contribution in [0.1, 0.15) is 18.9 Å². The Morgan fingerprint density at radius 3 is 2.04 bits per heavy atom. The summed E-state index contributed by atoms with van der Waals surface area (Å²) in [5.41, 5.74) is 7.12. The van der Waals surface area contributed by atoms with Crippen molar-refractivity contribution in [3.63, 3.8) is 0 Å². The maximum atomic E-state index is 2.35. The molecule has 216 valence electrons. The Balaban J connectivity index is 1.17.